The van der Waals surface area contributed by atoms with Crippen LogP contribution in [0.25, 0.3) is 16.6 Å². The molecule has 6 rings (SSSR count). The maximum atomic E-state index is 9.63. The second-order valence-electron chi connectivity index (χ2n) is 7.19. The van der Waals surface area contributed by atoms with Crippen molar-refractivity contribution in [2.45, 2.75) is 0 Å². The van der Waals surface area contributed by atoms with Crippen LogP contribution < -0.4 is 0 Å². The number of hydrogen-bond donors (Lipinski definition) is 4. The first-order chi connectivity index (χ1) is 17.1. The van der Waals surface area contributed by atoms with E-state index in [1.807, 2.05) is 91.8 Å². The molecule has 0 spiro atoms. The standard InChI is InChI=1S/3C8H7N.H4O7P2/c3*1-2-6-9-7-3-5-8(9)4-1;1-8(2,3)7-9(4,5)6/h3*1-7H;(H2,1,2,3)(H2,4,5,6). The van der Waals surface area contributed by atoms with Crippen molar-refractivity contribution in [3.05, 3.63) is 128 Å². The van der Waals surface area contributed by atoms with Crippen LogP contribution in [0.4, 0.5) is 0 Å². The summed E-state index contributed by atoms with van der Waals surface area (Å²) in [5, 5.41) is 0. The topological polar surface area (TPSA) is 138 Å². The molecule has 0 fully saturated rings. The summed E-state index contributed by atoms with van der Waals surface area (Å²) in [6.45, 7) is 0. The highest BCUT2D eigenvalue weighted by Gasteiger charge is 2.27. The summed E-state index contributed by atoms with van der Waals surface area (Å²) in [6, 6.07) is 30.8. The van der Waals surface area contributed by atoms with E-state index in [0.717, 1.165) is 0 Å². The van der Waals surface area contributed by atoms with Crippen molar-refractivity contribution in [2.24, 2.45) is 0 Å². The second-order valence-corrected chi connectivity index (χ2v) is 9.80. The van der Waals surface area contributed by atoms with Gasteiger partial charge in [0.2, 0.25) is 0 Å². The molecule has 0 atom stereocenters. The predicted molar refractivity (Wildman–Crippen MR) is 137 cm³/mol. The maximum Gasteiger partial charge on any atom is 0.478 e. The van der Waals surface area contributed by atoms with E-state index in [1.165, 1.54) is 16.6 Å². The number of hydrogen-bond acceptors (Lipinski definition) is 3. The van der Waals surface area contributed by atoms with E-state index >= 15 is 0 Å². The first-order valence-corrected chi connectivity index (χ1v) is 13.5. The van der Waals surface area contributed by atoms with Crippen LogP contribution in [-0.2, 0) is 13.4 Å². The Balaban J connectivity index is 0.000000134. The summed E-state index contributed by atoms with van der Waals surface area (Å²) in [5.74, 6) is 0. The van der Waals surface area contributed by atoms with E-state index in [4.69, 9.17) is 19.6 Å². The Labute approximate surface area is 206 Å². The monoisotopic (exact) mass is 529 g/mol. The molecule has 12 heteroatoms. The Bertz CT molecular complexity index is 1330. The molecule has 0 aliphatic carbocycles. The largest absolute Gasteiger partial charge is 0.478 e. The lowest BCUT2D eigenvalue weighted by molar-refractivity contribution is 0.225. The zero-order valence-corrected chi connectivity index (χ0v) is 20.7. The Morgan fingerprint density at radius 3 is 0.917 bits per heavy atom. The molecular weight excluding hydrogens is 504 g/mol. The van der Waals surface area contributed by atoms with Gasteiger partial charge in [0, 0.05) is 53.7 Å². The fraction of sp³-hybridized carbons (Fsp3) is 0. The fourth-order valence-electron chi connectivity index (χ4n) is 3.08. The van der Waals surface area contributed by atoms with Gasteiger partial charge < -0.3 is 32.8 Å². The normalized spacial score (nSPS) is 11.1. The van der Waals surface area contributed by atoms with Crippen LogP contribution in [0.1, 0.15) is 0 Å². The average molecular weight is 529 g/mol. The van der Waals surface area contributed by atoms with Crippen LogP contribution in [0, 0.1) is 0 Å². The van der Waals surface area contributed by atoms with Gasteiger partial charge in [0.25, 0.3) is 0 Å². The highest BCUT2D eigenvalue weighted by Crippen LogP contribution is 2.53. The lowest BCUT2D eigenvalue weighted by atomic mass is 10.4. The third-order valence-electron chi connectivity index (χ3n) is 4.52. The fourth-order valence-corrected chi connectivity index (χ4v) is 4.19. The molecule has 0 aliphatic heterocycles. The Hall–Kier alpha value is -3.46. The molecule has 0 saturated heterocycles. The average Bonchev–Trinajstić information content (AvgIpc) is 3.58. The third kappa shape index (κ3) is 9.30. The molecule has 6 aromatic heterocycles. The van der Waals surface area contributed by atoms with Gasteiger partial charge in [-0.2, -0.15) is 4.31 Å². The SMILES string of the molecule is O=P(O)(O)OP(=O)(O)O.c1ccn2cccc2c1.c1ccn2cccc2c1.c1ccn2cccc2c1. The lowest BCUT2D eigenvalue weighted by Gasteiger charge is -2.03. The van der Waals surface area contributed by atoms with Crippen molar-refractivity contribution < 1.29 is 33.0 Å². The Morgan fingerprint density at radius 2 is 0.694 bits per heavy atom. The first-order valence-electron chi connectivity index (χ1n) is 10.5. The van der Waals surface area contributed by atoms with E-state index in [9.17, 15) is 9.13 Å². The minimum atomic E-state index is -5.05. The van der Waals surface area contributed by atoms with Gasteiger partial charge in [-0.1, -0.05) is 18.2 Å². The molecule has 36 heavy (non-hydrogen) atoms. The van der Waals surface area contributed by atoms with Crippen molar-refractivity contribution in [3.8, 4) is 0 Å². The number of rotatable bonds is 2. The van der Waals surface area contributed by atoms with E-state index in [0.29, 0.717) is 0 Å². The van der Waals surface area contributed by atoms with Gasteiger partial charge in [-0.3, -0.25) is 0 Å². The summed E-state index contributed by atoms with van der Waals surface area (Å²) in [5.41, 5.74) is 3.74. The highest BCUT2D eigenvalue weighted by atomic mass is 31.3. The number of aromatic nitrogens is 3. The summed E-state index contributed by atoms with van der Waals surface area (Å²) in [7, 11) is -10.1. The summed E-state index contributed by atoms with van der Waals surface area (Å²) >= 11 is 0. The van der Waals surface area contributed by atoms with Gasteiger partial charge in [0.05, 0.1) is 0 Å². The van der Waals surface area contributed by atoms with Gasteiger partial charge in [-0.25, -0.2) is 9.13 Å². The Kier molecular flexibility index (Phi) is 9.41. The molecule has 0 unspecified atom stereocenters. The van der Waals surface area contributed by atoms with E-state index in [2.05, 4.69) is 53.9 Å². The third-order valence-corrected chi connectivity index (χ3v) is 6.22. The van der Waals surface area contributed by atoms with Crippen LogP contribution in [-0.4, -0.2) is 32.8 Å². The van der Waals surface area contributed by atoms with Gasteiger partial charge >= 0.3 is 15.6 Å². The van der Waals surface area contributed by atoms with E-state index < -0.39 is 15.6 Å². The van der Waals surface area contributed by atoms with Crippen molar-refractivity contribution in [3.63, 3.8) is 0 Å². The molecule has 0 amide bonds. The summed E-state index contributed by atoms with van der Waals surface area (Å²) in [6.07, 6.45) is 12.2. The number of phosphoric acid groups is 2. The lowest BCUT2D eigenvalue weighted by Crippen LogP contribution is -1.84. The molecule has 0 aliphatic rings. The number of nitrogens with zero attached hydrogens (tertiary/aromatic N) is 3. The van der Waals surface area contributed by atoms with Gasteiger partial charge in [0.1, 0.15) is 0 Å². The van der Waals surface area contributed by atoms with Crippen molar-refractivity contribution in [1.29, 1.82) is 0 Å². The maximum absolute atomic E-state index is 9.63. The zero-order valence-electron chi connectivity index (χ0n) is 18.9. The van der Waals surface area contributed by atoms with Gasteiger partial charge in [-0.05, 0) is 72.8 Å². The number of pyridine rings is 3. The van der Waals surface area contributed by atoms with Gasteiger partial charge in [-0.15, -0.1) is 0 Å². The minimum absolute atomic E-state index is 1.25. The zero-order chi connectivity index (χ0) is 26.0. The molecule has 0 aromatic carbocycles. The quantitative estimate of drug-likeness (QED) is 0.232. The smallest absolute Gasteiger partial charge is 0.324 e. The Morgan fingerprint density at radius 1 is 0.444 bits per heavy atom. The molecule has 0 bridgehead atoms. The van der Waals surface area contributed by atoms with Crippen molar-refractivity contribution >= 4 is 32.2 Å². The molecule has 6 aromatic rings. The van der Waals surface area contributed by atoms with Crippen LogP contribution in [0.3, 0.4) is 0 Å². The summed E-state index contributed by atoms with van der Waals surface area (Å²) < 4.78 is 28.5. The van der Waals surface area contributed by atoms with Crippen LogP contribution in [0.15, 0.2) is 128 Å². The van der Waals surface area contributed by atoms with Crippen molar-refractivity contribution in [1.82, 2.24) is 13.2 Å². The molecule has 0 radical (unpaired) electrons. The van der Waals surface area contributed by atoms with Crippen LogP contribution >= 0.6 is 15.6 Å². The summed E-state index contributed by atoms with van der Waals surface area (Å²) in [4.78, 5) is 31.0. The molecule has 188 valence electrons. The predicted octanol–water partition coefficient (Wildman–Crippen LogP) is 5.01. The second kappa shape index (κ2) is 12.5. The van der Waals surface area contributed by atoms with Crippen molar-refractivity contribution in [2.75, 3.05) is 0 Å². The van der Waals surface area contributed by atoms with Crippen LogP contribution in [0.2, 0.25) is 0 Å². The molecule has 4 N–H and O–H groups in total. The molecular formula is C24H25N3O7P2. The van der Waals surface area contributed by atoms with E-state index in [1.54, 1.807) is 0 Å². The molecule has 10 nitrogen and oxygen atoms in total. The highest BCUT2D eigenvalue weighted by molar-refractivity contribution is 7.60. The van der Waals surface area contributed by atoms with Gasteiger partial charge in [0.15, 0.2) is 0 Å². The number of fused-ring (bicyclic) bond motifs is 3. The molecule has 6 heterocycles. The minimum Gasteiger partial charge on any atom is -0.324 e. The van der Waals surface area contributed by atoms with E-state index in [-0.39, 0.29) is 0 Å². The first kappa shape index (κ1) is 27.1. The molecule has 0 saturated carbocycles. The van der Waals surface area contributed by atoms with Crippen LogP contribution in [0.5, 0.6) is 0 Å².